The molecule has 0 radical (unpaired) electrons. The SMILES string of the molecule is O=c1[nH]c(=O)n(-c2ccccc2)c(O)c1C=Nc1cccc(O)c1. The number of benzene rings is 2. The van der Waals surface area contributed by atoms with Crippen molar-refractivity contribution in [2.75, 3.05) is 0 Å². The second-order valence-electron chi connectivity index (χ2n) is 4.95. The molecule has 7 heteroatoms. The Labute approximate surface area is 135 Å². The first-order chi connectivity index (χ1) is 11.6. The molecule has 1 heterocycles. The summed E-state index contributed by atoms with van der Waals surface area (Å²) in [6.45, 7) is 0. The summed E-state index contributed by atoms with van der Waals surface area (Å²) in [6.07, 6.45) is 1.14. The van der Waals surface area contributed by atoms with Crippen molar-refractivity contribution in [1.82, 2.24) is 9.55 Å². The number of H-pyrrole nitrogens is 1. The number of rotatable bonds is 3. The number of hydrogen-bond acceptors (Lipinski definition) is 5. The van der Waals surface area contributed by atoms with Gasteiger partial charge in [0.05, 0.1) is 11.4 Å². The highest BCUT2D eigenvalue weighted by Crippen LogP contribution is 2.19. The van der Waals surface area contributed by atoms with Gasteiger partial charge in [0.1, 0.15) is 11.3 Å². The minimum absolute atomic E-state index is 0.0250. The predicted octanol–water partition coefficient (Wildman–Crippen LogP) is 1.69. The van der Waals surface area contributed by atoms with Crippen LogP contribution >= 0.6 is 0 Å². The Morgan fingerprint density at radius 3 is 2.46 bits per heavy atom. The van der Waals surface area contributed by atoms with E-state index in [1.807, 2.05) is 0 Å². The minimum atomic E-state index is -0.756. The van der Waals surface area contributed by atoms with Crippen LogP contribution in [0.5, 0.6) is 11.6 Å². The number of nitrogens with one attached hydrogen (secondary N) is 1. The first-order valence-electron chi connectivity index (χ1n) is 7.03. The van der Waals surface area contributed by atoms with Crippen molar-refractivity contribution in [3.8, 4) is 17.3 Å². The molecule has 0 spiro atoms. The molecule has 24 heavy (non-hydrogen) atoms. The molecule has 0 amide bonds. The molecular weight excluding hydrogens is 310 g/mol. The first-order valence-corrected chi connectivity index (χ1v) is 7.03. The van der Waals surface area contributed by atoms with Gasteiger partial charge in [0.25, 0.3) is 5.56 Å². The van der Waals surface area contributed by atoms with Gasteiger partial charge in [-0.15, -0.1) is 0 Å². The molecule has 2 aromatic carbocycles. The summed E-state index contributed by atoms with van der Waals surface area (Å²) in [4.78, 5) is 30.2. The van der Waals surface area contributed by atoms with Crippen LogP contribution in [0.15, 0.2) is 69.2 Å². The molecule has 0 saturated carbocycles. The van der Waals surface area contributed by atoms with E-state index >= 15 is 0 Å². The van der Waals surface area contributed by atoms with E-state index in [1.54, 1.807) is 42.5 Å². The van der Waals surface area contributed by atoms with Gasteiger partial charge >= 0.3 is 5.69 Å². The summed E-state index contributed by atoms with van der Waals surface area (Å²) in [7, 11) is 0. The van der Waals surface area contributed by atoms with Crippen molar-refractivity contribution in [3.05, 3.63) is 81.0 Å². The van der Waals surface area contributed by atoms with Crippen LogP contribution in [0.3, 0.4) is 0 Å². The van der Waals surface area contributed by atoms with Crippen molar-refractivity contribution in [3.63, 3.8) is 0 Å². The number of phenolic OH excluding ortho intramolecular Hbond substituents is 1. The van der Waals surface area contributed by atoms with E-state index in [1.165, 1.54) is 12.1 Å². The van der Waals surface area contributed by atoms with E-state index in [2.05, 4.69) is 9.98 Å². The average Bonchev–Trinajstić information content (AvgIpc) is 2.55. The third-order valence-corrected chi connectivity index (χ3v) is 3.31. The fourth-order valence-corrected chi connectivity index (χ4v) is 2.18. The van der Waals surface area contributed by atoms with Crippen molar-refractivity contribution in [2.24, 2.45) is 4.99 Å². The van der Waals surface area contributed by atoms with Crippen LogP contribution < -0.4 is 11.2 Å². The Morgan fingerprint density at radius 2 is 1.75 bits per heavy atom. The van der Waals surface area contributed by atoms with Crippen LogP contribution in [0.25, 0.3) is 5.69 Å². The zero-order chi connectivity index (χ0) is 17.1. The maximum atomic E-state index is 12.0. The Balaban J connectivity index is 2.12. The molecular formula is C17H13N3O4. The molecule has 7 nitrogen and oxygen atoms in total. The molecule has 0 atom stereocenters. The Bertz CT molecular complexity index is 1020. The minimum Gasteiger partial charge on any atom is -0.508 e. The summed E-state index contributed by atoms with van der Waals surface area (Å²) in [6, 6.07) is 14.5. The molecule has 3 N–H and O–H groups in total. The molecule has 1 aromatic heterocycles. The molecule has 0 aliphatic carbocycles. The predicted molar refractivity (Wildman–Crippen MR) is 89.7 cm³/mol. The molecule has 3 aromatic rings. The van der Waals surface area contributed by atoms with Crippen molar-refractivity contribution >= 4 is 11.9 Å². The number of aromatic nitrogens is 2. The van der Waals surface area contributed by atoms with Gasteiger partial charge in [-0.2, -0.15) is 0 Å². The lowest BCUT2D eigenvalue weighted by Gasteiger charge is -2.09. The molecule has 3 rings (SSSR count). The second kappa shape index (κ2) is 6.25. The van der Waals surface area contributed by atoms with Gasteiger partial charge in [-0.25, -0.2) is 9.36 Å². The molecule has 0 aliphatic rings. The van der Waals surface area contributed by atoms with Crippen molar-refractivity contribution < 1.29 is 10.2 Å². The number of aromatic amines is 1. The molecule has 0 bridgehead atoms. The first kappa shape index (κ1) is 15.3. The number of para-hydroxylation sites is 1. The van der Waals surface area contributed by atoms with Gasteiger partial charge in [-0.1, -0.05) is 24.3 Å². The molecule has 0 aliphatic heterocycles. The van der Waals surface area contributed by atoms with E-state index in [-0.39, 0.29) is 11.3 Å². The molecule has 0 saturated heterocycles. The number of aliphatic imine (C=N–C) groups is 1. The lowest BCUT2D eigenvalue weighted by molar-refractivity contribution is 0.430. The second-order valence-corrected chi connectivity index (χ2v) is 4.95. The van der Waals surface area contributed by atoms with E-state index in [9.17, 15) is 19.8 Å². The number of nitrogens with zero attached hydrogens (tertiary/aromatic N) is 2. The lowest BCUT2D eigenvalue weighted by Crippen LogP contribution is -2.31. The zero-order valence-corrected chi connectivity index (χ0v) is 12.4. The molecule has 0 unspecified atom stereocenters. The van der Waals surface area contributed by atoms with E-state index < -0.39 is 17.1 Å². The maximum absolute atomic E-state index is 12.0. The number of phenols is 1. The van der Waals surface area contributed by atoms with Gasteiger partial charge in [0.2, 0.25) is 5.88 Å². The highest BCUT2D eigenvalue weighted by atomic mass is 16.3. The third kappa shape index (κ3) is 2.95. The van der Waals surface area contributed by atoms with Crippen LogP contribution in [-0.2, 0) is 0 Å². The zero-order valence-electron chi connectivity index (χ0n) is 12.4. The topological polar surface area (TPSA) is 108 Å². The monoisotopic (exact) mass is 323 g/mol. The van der Waals surface area contributed by atoms with Crippen LogP contribution in [0.1, 0.15) is 5.56 Å². The normalized spacial score (nSPS) is 11.0. The largest absolute Gasteiger partial charge is 0.508 e. The van der Waals surface area contributed by atoms with Gasteiger partial charge in [-0.05, 0) is 24.3 Å². The summed E-state index contributed by atoms with van der Waals surface area (Å²) in [5.74, 6) is -0.490. The van der Waals surface area contributed by atoms with Crippen LogP contribution in [-0.4, -0.2) is 26.0 Å². The van der Waals surface area contributed by atoms with Gasteiger partial charge in [0.15, 0.2) is 0 Å². The smallest absolute Gasteiger partial charge is 0.335 e. The summed E-state index contributed by atoms with van der Waals surface area (Å²) >= 11 is 0. The van der Waals surface area contributed by atoms with E-state index in [4.69, 9.17) is 0 Å². The number of hydrogen-bond donors (Lipinski definition) is 3. The van der Waals surface area contributed by atoms with Gasteiger partial charge in [0, 0.05) is 12.3 Å². The van der Waals surface area contributed by atoms with Crippen molar-refractivity contribution in [1.29, 1.82) is 0 Å². The highest BCUT2D eigenvalue weighted by Gasteiger charge is 2.13. The van der Waals surface area contributed by atoms with Gasteiger partial charge in [-0.3, -0.25) is 14.8 Å². The standard InChI is InChI=1S/C17H13N3O4/c21-13-8-4-5-11(9-13)18-10-14-15(22)19-17(24)20(16(14)23)12-6-2-1-3-7-12/h1-10,21,23H,(H,19,22,24). The van der Waals surface area contributed by atoms with Crippen LogP contribution in [0.2, 0.25) is 0 Å². The number of aromatic hydroxyl groups is 2. The highest BCUT2D eigenvalue weighted by molar-refractivity contribution is 5.84. The summed E-state index contributed by atoms with van der Waals surface area (Å²) < 4.78 is 0.977. The Kier molecular flexibility index (Phi) is 3.98. The molecule has 120 valence electrons. The quantitative estimate of drug-likeness (QED) is 0.637. The van der Waals surface area contributed by atoms with Crippen LogP contribution in [0.4, 0.5) is 5.69 Å². The Hall–Kier alpha value is -3.61. The fraction of sp³-hybridized carbons (Fsp3) is 0. The average molecular weight is 323 g/mol. The summed E-state index contributed by atoms with van der Waals surface area (Å²) in [5.41, 5.74) is -0.872. The Morgan fingerprint density at radius 1 is 1.00 bits per heavy atom. The van der Waals surface area contributed by atoms with E-state index in [0.717, 1.165) is 10.8 Å². The van der Waals surface area contributed by atoms with Gasteiger partial charge < -0.3 is 10.2 Å². The molecule has 0 fully saturated rings. The maximum Gasteiger partial charge on any atom is 0.335 e. The fourth-order valence-electron chi connectivity index (χ4n) is 2.18. The van der Waals surface area contributed by atoms with Crippen molar-refractivity contribution in [2.45, 2.75) is 0 Å². The summed E-state index contributed by atoms with van der Waals surface area (Å²) in [5, 5.41) is 19.8. The third-order valence-electron chi connectivity index (χ3n) is 3.31. The van der Waals surface area contributed by atoms with E-state index in [0.29, 0.717) is 11.4 Å². The lowest BCUT2D eigenvalue weighted by atomic mass is 10.2. The van der Waals surface area contributed by atoms with Crippen LogP contribution in [0, 0.1) is 0 Å².